The fourth-order valence-electron chi connectivity index (χ4n) is 2.72. The molecule has 8 nitrogen and oxygen atoms in total. The Morgan fingerprint density at radius 1 is 1.19 bits per heavy atom. The van der Waals surface area contributed by atoms with Crippen LogP contribution in [0.3, 0.4) is 0 Å². The Bertz CT molecular complexity index is 984. The standard InChI is InChI=1S/C19H21N5O3/c1-12-10-13(2)24-19(20-12)21-17(22-24)18(26)27-11-16(25)23(4)14(3)15-8-6-5-7-9-15/h5-10,14H,11H2,1-4H3. The molecule has 2 heterocycles. The van der Waals surface area contributed by atoms with Crippen molar-refractivity contribution >= 4 is 17.7 Å². The summed E-state index contributed by atoms with van der Waals surface area (Å²) in [4.78, 5) is 34.4. The largest absolute Gasteiger partial charge is 0.450 e. The maximum atomic E-state index is 12.4. The summed E-state index contributed by atoms with van der Waals surface area (Å²) in [5, 5.41) is 4.10. The second kappa shape index (κ2) is 7.53. The van der Waals surface area contributed by atoms with Gasteiger partial charge in [-0.1, -0.05) is 30.3 Å². The molecule has 2 aromatic heterocycles. The van der Waals surface area contributed by atoms with Crippen LogP contribution >= 0.6 is 0 Å². The summed E-state index contributed by atoms with van der Waals surface area (Å²) in [6.07, 6.45) is 0. The Kier molecular flexibility index (Phi) is 5.16. The van der Waals surface area contributed by atoms with E-state index in [1.165, 1.54) is 9.42 Å². The highest BCUT2D eigenvalue weighted by Crippen LogP contribution is 2.18. The van der Waals surface area contributed by atoms with E-state index in [0.29, 0.717) is 5.78 Å². The fraction of sp³-hybridized carbons (Fsp3) is 0.316. The van der Waals surface area contributed by atoms with Crippen LogP contribution in [0.5, 0.6) is 0 Å². The predicted octanol–water partition coefficient (Wildman–Crippen LogP) is 2.12. The Balaban J connectivity index is 1.65. The quantitative estimate of drug-likeness (QED) is 0.642. The zero-order chi connectivity index (χ0) is 19.6. The Morgan fingerprint density at radius 2 is 1.89 bits per heavy atom. The first kappa shape index (κ1) is 18.5. The summed E-state index contributed by atoms with van der Waals surface area (Å²) in [7, 11) is 1.67. The lowest BCUT2D eigenvalue weighted by atomic mass is 10.1. The first-order valence-electron chi connectivity index (χ1n) is 8.55. The van der Waals surface area contributed by atoms with Crippen LogP contribution < -0.4 is 0 Å². The van der Waals surface area contributed by atoms with Gasteiger partial charge < -0.3 is 9.64 Å². The van der Waals surface area contributed by atoms with Crippen LogP contribution in [0.25, 0.3) is 5.78 Å². The number of hydrogen-bond acceptors (Lipinski definition) is 6. The molecule has 3 aromatic rings. The van der Waals surface area contributed by atoms with Crippen LogP contribution in [0.4, 0.5) is 0 Å². The van der Waals surface area contributed by atoms with Crippen molar-refractivity contribution < 1.29 is 14.3 Å². The highest BCUT2D eigenvalue weighted by Gasteiger charge is 2.21. The second-order valence-electron chi connectivity index (χ2n) is 6.35. The first-order valence-corrected chi connectivity index (χ1v) is 8.55. The molecule has 0 aliphatic rings. The van der Waals surface area contributed by atoms with Gasteiger partial charge in [-0.25, -0.2) is 14.3 Å². The van der Waals surface area contributed by atoms with Crippen molar-refractivity contribution in [2.45, 2.75) is 26.8 Å². The zero-order valence-electron chi connectivity index (χ0n) is 15.7. The van der Waals surface area contributed by atoms with E-state index < -0.39 is 5.97 Å². The van der Waals surface area contributed by atoms with E-state index >= 15 is 0 Å². The zero-order valence-corrected chi connectivity index (χ0v) is 15.7. The molecule has 0 saturated heterocycles. The summed E-state index contributed by atoms with van der Waals surface area (Å²) in [6.45, 7) is 5.21. The number of fused-ring (bicyclic) bond motifs is 1. The first-order chi connectivity index (χ1) is 12.9. The summed E-state index contributed by atoms with van der Waals surface area (Å²) in [5.74, 6) is -0.872. The summed E-state index contributed by atoms with van der Waals surface area (Å²) < 4.78 is 6.57. The molecule has 0 bridgehead atoms. The minimum absolute atomic E-state index is 0.122. The topological polar surface area (TPSA) is 89.7 Å². The van der Waals surface area contributed by atoms with Gasteiger partial charge in [0.05, 0.1) is 6.04 Å². The number of carbonyl (C=O) groups is 2. The maximum Gasteiger partial charge on any atom is 0.378 e. The molecular weight excluding hydrogens is 346 g/mol. The molecule has 0 radical (unpaired) electrons. The number of carbonyl (C=O) groups excluding carboxylic acids is 2. The van der Waals surface area contributed by atoms with Crippen LogP contribution in [0.1, 0.15) is 40.5 Å². The molecule has 1 aromatic carbocycles. The third-order valence-corrected chi connectivity index (χ3v) is 4.38. The van der Waals surface area contributed by atoms with E-state index in [4.69, 9.17) is 4.74 Å². The predicted molar refractivity (Wildman–Crippen MR) is 98.2 cm³/mol. The molecule has 0 N–H and O–H groups in total. The van der Waals surface area contributed by atoms with Gasteiger partial charge in [-0.15, -0.1) is 5.10 Å². The Hall–Kier alpha value is -3.29. The molecule has 0 fully saturated rings. The van der Waals surface area contributed by atoms with Crippen LogP contribution in [0.15, 0.2) is 36.4 Å². The molecule has 140 valence electrons. The molecule has 1 unspecified atom stereocenters. The number of aryl methyl sites for hydroxylation is 2. The van der Waals surface area contributed by atoms with Gasteiger partial charge in [0, 0.05) is 18.4 Å². The van der Waals surface area contributed by atoms with E-state index in [1.54, 1.807) is 7.05 Å². The lowest BCUT2D eigenvalue weighted by Crippen LogP contribution is -2.33. The van der Waals surface area contributed by atoms with Crippen molar-refractivity contribution in [3.8, 4) is 0 Å². The van der Waals surface area contributed by atoms with E-state index in [2.05, 4.69) is 15.1 Å². The van der Waals surface area contributed by atoms with Gasteiger partial charge in [0.15, 0.2) is 6.61 Å². The molecular formula is C19H21N5O3. The summed E-state index contributed by atoms with van der Waals surface area (Å²) in [5.41, 5.74) is 2.58. The van der Waals surface area contributed by atoms with Crippen LogP contribution in [0, 0.1) is 13.8 Å². The summed E-state index contributed by atoms with van der Waals surface area (Å²) >= 11 is 0. The maximum absolute atomic E-state index is 12.4. The third-order valence-electron chi connectivity index (χ3n) is 4.38. The van der Waals surface area contributed by atoms with Gasteiger partial charge in [-0.3, -0.25) is 4.79 Å². The number of ether oxygens (including phenoxy) is 1. The molecule has 1 atom stereocenters. The number of amides is 1. The SMILES string of the molecule is Cc1cc(C)n2nc(C(=O)OCC(=O)N(C)C(C)c3ccccc3)nc2n1. The van der Waals surface area contributed by atoms with Crippen molar-refractivity contribution in [2.75, 3.05) is 13.7 Å². The van der Waals surface area contributed by atoms with Crippen LogP contribution in [0.2, 0.25) is 0 Å². The number of aromatic nitrogens is 4. The number of benzene rings is 1. The molecule has 8 heteroatoms. The van der Waals surface area contributed by atoms with Gasteiger partial charge in [-0.05, 0) is 32.4 Å². The highest BCUT2D eigenvalue weighted by molar-refractivity contribution is 5.88. The van der Waals surface area contributed by atoms with Crippen molar-refractivity contribution in [3.05, 3.63) is 59.2 Å². The smallest absolute Gasteiger partial charge is 0.378 e. The number of esters is 1. The Labute approximate surface area is 156 Å². The van der Waals surface area contributed by atoms with Crippen molar-refractivity contribution in [1.29, 1.82) is 0 Å². The third kappa shape index (κ3) is 3.94. The number of rotatable bonds is 5. The minimum Gasteiger partial charge on any atom is -0.450 e. The number of nitrogens with zero attached hydrogens (tertiary/aromatic N) is 5. The fourth-order valence-corrected chi connectivity index (χ4v) is 2.72. The molecule has 0 aliphatic heterocycles. The lowest BCUT2D eigenvalue weighted by molar-refractivity contribution is -0.135. The molecule has 3 rings (SSSR count). The van der Waals surface area contributed by atoms with Crippen LogP contribution in [-0.4, -0.2) is 50.0 Å². The number of likely N-dealkylation sites (N-methyl/N-ethyl adjacent to an activating group) is 1. The average molecular weight is 367 g/mol. The van der Waals surface area contributed by atoms with E-state index in [9.17, 15) is 9.59 Å². The van der Waals surface area contributed by atoms with Crippen molar-refractivity contribution in [3.63, 3.8) is 0 Å². The molecule has 1 amide bonds. The highest BCUT2D eigenvalue weighted by atomic mass is 16.5. The van der Waals surface area contributed by atoms with Gasteiger partial charge in [0.2, 0.25) is 0 Å². The van der Waals surface area contributed by atoms with E-state index in [-0.39, 0.29) is 24.4 Å². The van der Waals surface area contributed by atoms with Gasteiger partial charge in [0.25, 0.3) is 17.5 Å². The second-order valence-corrected chi connectivity index (χ2v) is 6.35. The molecule has 0 aliphatic carbocycles. The van der Waals surface area contributed by atoms with Gasteiger partial charge in [-0.2, -0.15) is 4.98 Å². The average Bonchev–Trinajstić information content (AvgIpc) is 3.09. The molecule has 0 saturated carbocycles. The normalized spacial score (nSPS) is 12.0. The molecule has 0 spiro atoms. The number of hydrogen-bond donors (Lipinski definition) is 0. The minimum atomic E-state index is -0.758. The van der Waals surface area contributed by atoms with E-state index in [0.717, 1.165) is 17.0 Å². The van der Waals surface area contributed by atoms with Crippen molar-refractivity contribution in [1.82, 2.24) is 24.5 Å². The van der Waals surface area contributed by atoms with Gasteiger partial charge >= 0.3 is 5.97 Å². The lowest BCUT2D eigenvalue weighted by Gasteiger charge is -2.25. The van der Waals surface area contributed by atoms with Crippen LogP contribution in [-0.2, 0) is 9.53 Å². The summed E-state index contributed by atoms with van der Waals surface area (Å²) in [6, 6.07) is 11.3. The Morgan fingerprint density at radius 3 is 2.59 bits per heavy atom. The van der Waals surface area contributed by atoms with E-state index in [1.807, 2.05) is 57.2 Å². The van der Waals surface area contributed by atoms with Gasteiger partial charge in [0.1, 0.15) is 0 Å². The monoisotopic (exact) mass is 367 g/mol. The molecule has 27 heavy (non-hydrogen) atoms. The van der Waals surface area contributed by atoms with Crippen molar-refractivity contribution in [2.24, 2.45) is 0 Å².